The van der Waals surface area contributed by atoms with Crippen molar-refractivity contribution in [2.75, 3.05) is 39.0 Å². The molecule has 7 nitrogen and oxygen atoms in total. The van der Waals surface area contributed by atoms with Crippen LogP contribution < -0.4 is 10.6 Å². The molecule has 1 fully saturated rings. The topological polar surface area (TPSA) is 90.9 Å². The fourth-order valence-corrected chi connectivity index (χ4v) is 4.11. The third-order valence-electron chi connectivity index (χ3n) is 4.37. The van der Waals surface area contributed by atoms with Gasteiger partial charge in [0.25, 0.3) is 5.91 Å². The number of halogens is 2. The number of sulfone groups is 1. The summed E-state index contributed by atoms with van der Waals surface area (Å²) in [6, 6.07) is 5.79. The highest BCUT2D eigenvalue weighted by atomic mass is 127. The zero-order valence-electron chi connectivity index (χ0n) is 15.7. The maximum absolute atomic E-state index is 13.6. The van der Waals surface area contributed by atoms with Crippen LogP contribution in [-0.4, -0.2) is 68.9 Å². The number of nitrogens with zero attached hydrogens (tertiary/aromatic N) is 2. The smallest absolute Gasteiger partial charge is 0.254 e. The zero-order chi connectivity index (χ0) is 19.4. The predicted octanol–water partition coefficient (Wildman–Crippen LogP) is 1.26. The number of guanidine groups is 1. The second-order valence-corrected chi connectivity index (χ2v) is 9.45. The van der Waals surface area contributed by atoms with Crippen molar-refractivity contribution in [1.82, 2.24) is 15.5 Å². The fourth-order valence-electron chi connectivity index (χ4n) is 2.75. The maximum atomic E-state index is 13.6. The molecular formula is C17H26FIN4O3S. The van der Waals surface area contributed by atoms with Gasteiger partial charge < -0.3 is 15.5 Å². The summed E-state index contributed by atoms with van der Waals surface area (Å²) < 4.78 is 36.9. The molecule has 1 amide bonds. The van der Waals surface area contributed by atoms with E-state index in [1.807, 2.05) is 4.90 Å². The first-order valence-corrected chi connectivity index (χ1v) is 10.0. The number of carbonyl (C=O) groups is 1. The van der Waals surface area contributed by atoms with Crippen LogP contribution in [0.4, 0.5) is 4.39 Å². The summed E-state index contributed by atoms with van der Waals surface area (Å²) in [5.74, 6) is -0.395. The van der Waals surface area contributed by atoms with E-state index in [9.17, 15) is 17.6 Å². The van der Waals surface area contributed by atoms with Crippen molar-refractivity contribution < 1.29 is 17.6 Å². The summed E-state index contributed by atoms with van der Waals surface area (Å²) in [5.41, 5.74) is -0.000121. The Morgan fingerprint density at radius 3 is 2.48 bits per heavy atom. The maximum Gasteiger partial charge on any atom is 0.254 e. The van der Waals surface area contributed by atoms with Crippen LogP contribution in [0.25, 0.3) is 0 Å². The van der Waals surface area contributed by atoms with E-state index in [2.05, 4.69) is 15.6 Å². The van der Waals surface area contributed by atoms with Crippen molar-refractivity contribution >= 4 is 45.7 Å². The SMILES string of the molecule is CN=C(NCCNC(=O)c1ccccc1F)N1CCS(=O)(=O)C(C)(C)C1.I. The number of benzene rings is 1. The average molecular weight is 512 g/mol. The van der Waals surface area contributed by atoms with Crippen LogP contribution in [0.3, 0.4) is 0 Å². The van der Waals surface area contributed by atoms with E-state index in [0.29, 0.717) is 25.6 Å². The lowest BCUT2D eigenvalue weighted by Crippen LogP contribution is -2.57. The average Bonchev–Trinajstić information content (AvgIpc) is 2.58. The molecule has 27 heavy (non-hydrogen) atoms. The fraction of sp³-hybridized carbons (Fsp3) is 0.529. The second-order valence-electron chi connectivity index (χ2n) is 6.71. The number of hydrogen-bond donors (Lipinski definition) is 2. The molecule has 1 aliphatic heterocycles. The van der Waals surface area contributed by atoms with Gasteiger partial charge in [-0.25, -0.2) is 12.8 Å². The van der Waals surface area contributed by atoms with Gasteiger partial charge in [-0.3, -0.25) is 9.79 Å². The predicted molar refractivity (Wildman–Crippen MR) is 115 cm³/mol. The Morgan fingerprint density at radius 2 is 1.89 bits per heavy atom. The Labute approximate surface area is 176 Å². The Morgan fingerprint density at radius 1 is 1.26 bits per heavy atom. The van der Waals surface area contributed by atoms with Gasteiger partial charge in [-0.15, -0.1) is 24.0 Å². The summed E-state index contributed by atoms with van der Waals surface area (Å²) in [6.07, 6.45) is 0. The van der Waals surface area contributed by atoms with Crippen molar-refractivity contribution in [2.45, 2.75) is 18.6 Å². The normalized spacial score (nSPS) is 18.4. The highest BCUT2D eigenvalue weighted by molar-refractivity contribution is 14.0. The molecule has 0 atom stereocenters. The van der Waals surface area contributed by atoms with Crippen LogP contribution >= 0.6 is 24.0 Å². The van der Waals surface area contributed by atoms with Gasteiger partial charge in [0.05, 0.1) is 16.1 Å². The molecule has 2 rings (SSSR count). The van der Waals surface area contributed by atoms with Gasteiger partial charge in [-0.1, -0.05) is 12.1 Å². The Balaban J connectivity index is 0.00000364. The van der Waals surface area contributed by atoms with E-state index in [1.54, 1.807) is 27.0 Å². The lowest BCUT2D eigenvalue weighted by atomic mass is 10.2. The first kappa shape index (κ1) is 23.6. The molecule has 0 saturated carbocycles. The quantitative estimate of drug-likeness (QED) is 0.275. The molecule has 1 aromatic carbocycles. The number of rotatable bonds is 4. The Hall–Kier alpha value is -1.43. The zero-order valence-corrected chi connectivity index (χ0v) is 18.8. The Bertz CT molecular complexity index is 799. The molecule has 1 aliphatic rings. The lowest BCUT2D eigenvalue weighted by molar-refractivity contribution is 0.0950. The largest absolute Gasteiger partial charge is 0.354 e. The standard InChI is InChI=1S/C17H25FN4O3S.HI/c1-17(2)12-22(10-11-26(17,24)25)16(19-3)21-9-8-20-15(23)13-6-4-5-7-14(13)18;/h4-7H,8-12H2,1-3H3,(H,19,21)(H,20,23);1H. The lowest BCUT2D eigenvalue weighted by Gasteiger charge is -2.39. The van der Waals surface area contributed by atoms with Crippen molar-refractivity contribution in [3.63, 3.8) is 0 Å². The van der Waals surface area contributed by atoms with Crippen LogP contribution in [0.5, 0.6) is 0 Å². The molecule has 0 radical (unpaired) electrons. The van der Waals surface area contributed by atoms with E-state index in [4.69, 9.17) is 0 Å². The molecular weight excluding hydrogens is 486 g/mol. The van der Waals surface area contributed by atoms with E-state index < -0.39 is 26.3 Å². The van der Waals surface area contributed by atoms with Crippen molar-refractivity contribution in [1.29, 1.82) is 0 Å². The summed E-state index contributed by atoms with van der Waals surface area (Å²) >= 11 is 0. The molecule has 1 heterocycles. The molecule has 152 valence electrons. The van der Waals surface area contributed by atoms with Crippen LogP contribution in [0.2, 0.25) is 0 Å². The summed E-state index contributed by atoms with van der Waals surface area (Å²) in [5, 5.41) is 5.74. The molecule has 1 aromatic rings. The molecule has 0 aliphatic carbocycles. The first-order valence-electron chi connectivity index (χ1n) is 8.38. The van der Waals surface area contributed by atoms with E-state index >= 15 is 0 Å². The summed E-state index contributed by atoms with van der Waals surface area (Å²) in [7, 11) is -1.50. The highest BCUT2D eigenvalue weighted by Crippen LogP contribution is 2.23. The molecule has 0 unspecified atom stereocenters. The van der Waals surface area contributed by atoms with Gasteiger partial charge in [0.2, 0.25) is 0 Å². The van der Waals surface area contributed by atoms with Crippen molar-refractivity contribution in [2.24, 2.45) is 4.99 Å². The van der Waals surface area contributed by atoms with Gasteiger partial charge in [0, 0.05) is 33.2 Å². The number of nitrogens with one attached hydrogen (secondary N) is 2. The minimum absolute atomic E-state index is 0. The number of hydrogen-bond acceptors (Lipinski definition) is 4. The number of amides is 1. The van der Waals surface area contributed by atoms with Gasteiger partial charge in [0.1, 0.15) is 5.82 Å². The highest BCUT2D eigenvalue weighted by Gasteiger charge is 2.40. The van der Waals surface area contributed by atoms with E-state index in [0.717, 1.165) is 0 Å². The van der Waals surface area contributed by atoms with Crippen LogP contribution in [0.1, 0.15) is 24.2 Å². The van der Waals surface area contributed by atoms with Gasteiger partial charge >= 0.3 is 0 Å². The summed E-state index contributed by atoms with van der Waals surface area (Å²) in [6.45, 7) is 4.79. The van der Waals surface area contributed by atoms with Crippen LogP contribution in [0.15, 0.2) is 29.3 Å². The molecule has 2 N–H and O–H groups in total. The number of aliphatic imine (C=N–C) groups is 1. The third kappa shape index (κ3) is 5.77. The minimum Gasteiger partial charge on any atom is -0.354 e. The Kier molecular flexibility index (Phi) is 8.46. The molecule has 1 saturated heterocycles. The number of carbonyl (C=O) groups excluding carboxylic acids is 1. The minimum atomic E-state index is -3.12. The monoisotopic (exact) mass is 512 g/mol. The molecule has 0 aromatic heterocycles. The van der Waals surface area contributed by atoms with Gasteiger partial charge in [-0.05, 0) is 26.0 Å². The van der Waals surface area contributed by atoms with E-state index in [1.165, 1.54) is 18.2 Å². The van der Waals surface area contributed by atoms with Crippen LogP contribution in [0, 0.1) is 5.82 Å². The van der Waals surface area contributed by atoms with Gasteiger partial charge in [0.15, 0.2) is 15.8 Å². The molecule has 0 spiro atoms. The van der Waals surface area contributed by atoms with Gasteiger partial charge in [-0.2, -0.15) is 0 Å². The molecule has 0 bridgehead atoms. The third-order valence-corrected chi connectivity index (χ3v) is 6.90. The molecule has 10 heteroatoms. The summed E-state index contributed by atoms with van der Waals surface area (Å²) in [4.78, 5) is 18.0. The van der Waals surface area contributed by atoms with E-state index in [-0.39, 0.29) is 41.8 Å². The first-order chi connectivity index (χ1) is 12.2. The van der Waals surface area contributed by atoms with Crippen molar-refractivity contribution in [3.05, 3.63) is 35.6 Å². The second kappa shape index (κ2) is 9.67. The van der Waals surface area contributed by atoms with Crippen molar-refractivity contribution in [3.8, 4) is 0 Å². The van der Waals surface area contributed by atoms with Crippen LogP contribution in [-0.2, 0) is 9.84 Å².